The Morgan fingerprint density at radius 1 is 0.889 bits per heavy atom. The highest BCUT2D eigenvalue weighted by atomic mass is 16.5. The molecule has 0 bridgehead atoms. The van der Waals surface area contributed by atoms with Crippen LogP contribution in [0.25, 0.3) is 0 Å². The fourth-order valence-electron chi connectivity index (χ4n) is 1.36. The summed E-state index contributed by atoms with van der Waals surface area (Å²) < 4.78 is 5.66. The van der Waals surface area contributed by atoms with Gasteiger partial charge in [-0.05, 0) is 36.4 Å². The number of rotatable bonds is 4. The van der Waals surface area contributed by atoms with Gasteiger partial charge in [0.25, 0.3) is 0 Å². The average Bonchev–Trinajstić information content (AvgIpc) is 2.42. The summed E-state index contributed by atoms with van der Waals surface area (Å²) in [6.45, 7) is 0. The van der Waals surface area contributed by atoms with Crippen molar-refractivity contribution in [1.82, 2.24) is 0 Å². The van der Waals surface area contributed by atoms with Crippen molar-refractivity contribution in [2.24, 2.45) is 15.7 Å². The first-order valence-corrected chi connectivity index (χ1v) is 5.47. The quantitative estimate of drug-likeness (QED) is 0.658. The summed E-state index contributed by atoms with van der Waals surface area (Å²) in [6.07, 6.45) is 2.59. The number of ether oxygens (including phenoxy) is 1. The first kappa shape index (κ1) is 11.9. The van der Waals surface area contributed by atoms with Crippen LogP contribution in [0.3, 0.4) is 0 Å². The molecule has 0 fully saturated rings. The number of nitrogens with zero attached hydrogens (tertiary/aromatic N) is 2. The van der Waals surface area contributed by atoms with E-state index >= 15 is 0 Å². The summed E-state index contributed by atoms with van der Waals surface area (Å²) in [7, 11) is 0. The zero-order valence-corrected chi connectivity index (χ0v) is 9.73. The van der Waals surface area contributed by atoms with Crippen molar-refractivity contribution in [3.8, 4) is 11.5 Å². The molecule has 2 aromatic rings. The van der Waals surface area contributed by atoms with Gasteiger partial charge in [-0.15, -0.1) is 0 Å². The Morgan fingerprint density at radius 2 is 1.56 bits per heavy atom. The topological polar surface area (TPSA) is 60.0 Å². The molecule has 0 aromatic heterocycles. The van der Waals surface area contributed by atoms with Crippen LogP contribution >= 0.6 is 0 Å². The van der Waals surface area contributed by atoms with Crippen LogP contribution < -0.4 is 10.5 Å². The fraction of sp³-hybridized carbons (Fsp3) is 0. The molecule has 4 nitrogen and oxygen atoms in total. The van der Waals surface area contributed by atoms with Gasteiger partial charge in [0.15, 0.2) is 0 Å². The average molecular weight is 239 g/mol. The SMILES string of the molecule is NC=NC=Nc1ccc(Oc2ccccc2)cc1. The number of nitrogens with two attached hydrogens (primary N) is 1. The third-order valence-electron chi connectivity index (χ3n) is 2.18. The van der Waals surface area contributed by atoms with Gasteiger partial charge in [0.05, 0.1) is 12.0 Å². The molecular weight excluding hydrogens is 226 g/mol. The Bertz CT molecular complexity index is 533. The normalized spacial score (nSPS) is 11.1. The van der Waals surface area contributed by atoms with Crippen LogP contribution in [0.4, 0.5) is 5.69 Å². The summed E-state index contributed by atoms with van der Waals surface area (Å²) in [5, 5.41) is 0. The molecule has 0 heterocycles. The summed E-state index contributed by atoms with van der Waals surface area (Å²) in [6, 6.07) is 17.0. The first-order chi connectivity index (χ1) is 8.88. The van der Waals surface area contributed by atoms with Crippen molar-refractivity contribution >= 4 is 18.4 Å². The van der Waals surface area contributed by atoms with Crippen LogP contribution in [-0.4, -0.2) is 12.7 Å². The molecular formula is C14H13N3O. The van der Waals surface area contributed by atoms with Gasteiger partial charge in [0, 0.05) is 0 Å². The summed E-state index contributed by atoms with van der Waals surface area (Å²) in [4.78, 5) is 7.77. The van der Waals surface area contributed by atoms with Crippen LogP contribution in [0.5, 0.6) is 11.5 Å². The van der Waals surface area contributed by atoms with Crippen LogP contribution in [0.15, 0.2) is 64.6 Å². The molecule has 0 atom stereocenters. The van der Waals surface area contributed by atoms with E-state index < -0.39 is 0 Å². The predicted octanol–water partition coefficient (Wildman–Crippen LogP) is 3.13. The van der Waals surface area contributed by atoms with Gasteiger partial charge in [-0.25, -0.2) is 9.98 Å². The molecule has 4 heteroatoms. The smallest absolute Gasteiger partial charge is 0.127 e. The van der Waals surface area contributed by atoms with Crippen molar-refractivity contribution in [1.29, 1.82) is 0 Å². The molecule has 2 rings (SSSR count). The van der Waals surface area contributed by atoms with Gasteiger partial charge in [-0.1, -0.05) is 18.2 Å². The Labute approximate surface area is 105 Å². The van der Waals surface area contributed by atoms with Crippen LogP contribution in [0, 0.1) is 0 Å². The lowest BCUT2D eigenvalue weighted by Gasteiger charge is -2.04. The van der Waals surface area contributed by atoms with Crippen LogP contribution in [-0.2, 0) is 0 Å². The first-order valence-electron chi connectivity index (χ1n) is 5.47. The van der Waals surface area contributed by atoms with E-state index in [4.69, 9.17) is 10.5 Å². The molecule has 0 aliphatic carbocycles. The monoisotopic (exact) mass is 239 g/mol. The number of benzene rings is 2. The number of hydrogen-bond donors (Lipinski definition) is 1. The van der Waals surface area contributed by atoms with Crippen molar-refractivity contribution in [2.75, 3.05) is 0 Å². The second kappa shape index (κ2) is 6.20. The van der Waals surface area contributed by atoms with Gasteiger partial charge in [-0.2, -0.15) is 0 Å². The zero-order valence-electron chi connectivity index (χ0n) is 9.73. The van der Waals surface area contributed by atoms with E-state index in [1.54, 1.807) is 0 Å². The Balaban J connectivity index is 2.04. The molecule has 0 aliphatic rings. The Hall–Kier alpha value is -2.62. The number of aliphatic imine (C=N–C) groups is 2. The highest BCUT2D eigenvalue weighted by Gasteiger charge is 1.95. The van der Waals surface area contributed by atoms with Gasteiger partial charge in [0.2, 0.25) is 0 Å². The van der Waals surface area contributed by atoms with E-state index in [9.17, 15) is 0 Å². The molecule has 0 spiro atoms. The molecule has 0 radical (unpaired) electrons. The van der Waals surface area contributed by atoms with E-state index in [1.165, 1.54) is 12.7 Å². The van der Waals surface area contributed by atoms with Crippen LogP contribution in [0.2, 0.25) is 0 Å². The van der Waals surface area contributed by atoms with Gasteiger partial charge >= 0.3 is 0 Å². The maximum atomic E-state index is 5.66. The molecule has 18 heavy (non-hydrogen) atoms. The number of hydrogen-bond acceptors (Lipinski definition) is 2. The number of para-hydroxylation sites is 1. The largest absolute Gasteiger partial charge is 0.457 e. The lowest BCUT2D eigenvalue weighted by molar-refractivity contribution is 0.483. The van der Waals surface area contributed by atoms with Crippen LogP contribution in [0.1, 0.15) is 0 Å². The van der Waals surface area contributed by atoms with Gasteiger partial charge in [-0.3, -0.25) is 0 Å². The molecule has 0 saturated heterocycles. The van der Waals surface area contributed by atoms with E-state index in [2.05, 4.69) is 9.98 Å². The lowest BCUT2D eigenvalue weighted by atomic mass is 10.3. The lowest BCUT2D eigenvalue weighted by Crippen LogP contribution is -1.87. The highest BCUT2D eigenvalue weighted by molar-refractivity contribution is 5.72. The fourth-order valence-corrected chi connectivity index (χ4v) is 1.36. The minimum atomic E-state index is 0.766. The maximum absolute atomic E-state index is 5.66. The van der Waals surface area contributed by atoms with Gasteiger partial charge in [0.1, 0.15) is 17.8 Å². The molecule has 0 saturated carbocycles. The third kappa shape index (κ3) is 3.45. The predicted molar refractivity (Wildman–Crippen MR) is 73.8 cm³/mol. The highest BCUT2D eigenvalue weighted by Crippen LogP contribution is 2.23. The molecule has 2 N–H and O–H groups in total. The van der Waals surface area contributed by atoms with Gasteiger partial charge < -0.3 is 10.5 Å². The second-order valence-electron chi connectivity index (χ2n) is 3.45. The molecule has 0 amide bonds. The zero-order chi connectivity index (χ0) is 12.6. The molecule has 0 aliphatic heterocycles. The molecule has 0 unspecified atom stereocenters. The Kier molecular flexibility index (Phi) is 4.08. The van der Waals surface area contributed by atoms with E-state index in [0.29, 0.717) is 0 Å². The van der Waals surface area contributed by atoms with E-state index in [-0.39, 0.29) is 0 Å². The van der Waals surface area contributed by atoms with Crippen molar-refractivity contribution in [3.63, 3.8) is 0 Å². The summed E-state index contributed by atoms with van der Waals surface area (Å²) in [5.74, 6) is 1.57. The summed E-state index contributed by atoms with van der Waals surface area (Å²) >= 11 is 0. The second-order valence-corrected chi connectivity index (χ2v) is 3.45. The molecule has 90 valence electrons. The standard InChI is InChI=1S/C14H13N3O/c15-10-16-11-17-12-6-8-14(9-7-12)18-13-4-2-1-3-5-13/h1-11H,(H2,15,16,17). The van der Waals surface area contributed by atoms with Crippen molar-refractivity contribution in [2.45, 2.75) is 0 Å². The minimum Gasteiger partial charge on any atom is -0.457 e. The summed E-state index contributed by atoms with van der Waals surface area (Å²) in [5.41, 5.74) is 5.89. The van der Waals surface area contributed by atoms with Crippen molar-refractivity contribution < 1.29 is 4.74 Å². The maximum Gasteiger partial charge on any atom is 0.127 e. The Morgan fingerprint density at radius 3 is 2.22 bits per heavy atom. The van der Waals surface area contributed by atoms with Crippen molar-refractivity contribution in [3.05, 3.63) is 54.6 Å². The molecule has 2 aromatic carbocycles. The van der Waals surface area contributed by atoms with E-state index in [1.807, 2.05) is 54.6 Å². The van der Waals surface area contributed by atoms with E-state index in [0.717, 1.165) is 17.2 Å². The third-order valence-corrected chi connectivity index (χ3v) is 2.18. The minimum absolute atomic E-state index is 0.766.